The van der Waals surface area contributed by atoms with Gasteiger partial charge in [-0.05, 0) is 54.8 Å². The fourth-order valence-electron chi connectivity index (χ4n) is 3.97. The number of nitrogens with one attached hydrogen (secondary N) is 1. The molecule has 0 saturated carbocycles. The molecule has 2 amide bonds. The number of carbonyl (C=O) groups is 2. The van der Waals surface area contributed by atoms with E-state index in [9.17, 15) is 9.59 Å². The van der Waals surface area contributed by atoms with Crippen LogP contribution in [0.25, 0.3) is 0 Å². The minimum atomic E-state index is -0.221. The highest BCUT2D eigenvalue weighted by Gasteiger charge is 2.26. The van der Waals surface area contributed by atoms with Gasteiger partial charge in [-0.15, -0.1) is 0 Å². The van der Waals surface area contributed by atoms with Gasteiger partial charge < -0.3 is 19.7 Å². The monoisotopic (exact) mass is 430 g/mol. The maximum atomic E-state index is 13.0. The highest BCUT2D eigenvalue weighted by Crippen LogP contribution is 2.30. The molecule has 1 aliphatic rings. The average molecular weight is 431 g/mol. The third kappa shape index (κ3) is 4.30. The number of benzene rings is 3. The summed E-state index contributed by atoms with van der Waals surface area (Å²) in [4.78, 5) is 27.5. The number of methoxy groups -OCH3 is 2. The second kappa shape index (κ2) is 9.14. The minimum Gasteiger partial charge on any atom is -0.497 e. The van der Waals surface area contributed by atoms with E-state index in [1.54, 1.807) is 25.3 Å². The molecule has 6 nitrogen and oxygen atoms in total. The lowest BCUT2D eigenvalue weighted by molar-refractivity contribution is 0.0946. The van der Waals surface area contributed by atoms with Gasteiger partial charge in [0.05, 0.1) is 19.8 Å². The largest absolute Gasteiger partial charge is 0.497 e. The molecular weight excluding hydrogens is 404 g/mol. The molecule has 1 heterocycles. The Labute approximate surface area is 187 Å². The number of ether oxygens (including phenoxy) is 2. The van der Waals surface area contributed by atoms with E-state index in [1.807, 2.05) is 48.2 Å². The summed E-state index contributed by atoms with van der Waals surface area (Å²) in [5.41, 5.74) is 5.24. The molecule has 0 radical (unpaired) electrons. The third-order valence-electron chi connectivity index (χ3n) is 5.66. The number of aryl methyl sites for hydroxylation is 1. The van der Waals surface area contributed by atoms with Gasteiger partial charge in [-0.3, -0.25) is 9.59 Å². The molecular formula is C26H26N2O4. The van der Waals surface area contributed by atoms with Crippen molar-refractivity contribution in [3.8, 4) is 11.5 Å². The number of fused-ring (bicyclic) bond motifs is 1. The van der Waals surface area contributed by atoms with Crippen LogP contribution in [-0.2, 0) is 13.0 Å². The Morgan fingerprint density at radius 1 is 1.00 bits per heavy atom. The molecule has 3 aromatic carbocycles. The summed E-state index contributed by atoms with van der Waals surface area (Å²) in [7, 11) is 3.09. The zero-order valence-electron chi connectivity index (χ0n) is 18.5. The first-order chi connectivity index (χ1) is 15.5. The molecule has 1 aliphatic heterocycles. The van der Waals surface area contributed by atoms with Gasteiger partial charge in [0.25, 0.3) is 11.8 Å². The van der Waals surface area contributed by atoms with Crippen molar-refractivity contribution in [1.82, 2.24) is 5.32 Å². The lowest BCUT2D eigenvalue weighted by Gasteiger charge is -2.18. The molecule has 0 spiro atoms. The van der Waals surface area contributed by atoms with Crippen molar-refractivity contribution < 1.29 is 19.1 Å². The summed E-state index contributed by atoms with van der Waals surface area (Å²) in [5, 5.41) is 2.94. The molecule has 1 N–H and O–H groups in total. The Morgan fingerprint density at radius 3 is 2.59 bits per heavy atom. The van der Waals surface area contributed by atoms with Gasteiger partial charge in [-0.25, -0.2) is 0 Å². The molecule has 0 atom stereocenters. The number of anilines is 1. The number of carbonyl (C=O) groups excluding carboxylic acids is 2. The van der Waals surface area contributed by atoms with Gasteiger partial charge in [0.2, 0.25) is 0 Å². The first-order valence-corrected chi connectivity index (χ1v) is 10.5. The van der Waals surface area contributed by atoms with Crippen molar-refractivity contribution in [2.24, 2.45) is 0 Å². The molecule has 32 heavy (non-hydrogen) atoms. The number of hydrogen-bond donors (Lipinski definition) is 1. The SMILES string of the molecule is COc1ccc(C(=O)NCc2ccc3c(c2)CCN3C(=O)c2cccc(C)c2)c(OC)c1. The van der Waals surface area contributed by atoms with Crippen LogP contribution in [0.4, 0.5) is 5.69 Å². The van der Waals surface area contributed by atoms with Crippen molar-refractivity contribution in [3.05, 3.63) is 88.5 Å². The van der Waals surface area contributed by atoms with Gasteiger partial charge in [-0.2, -0.15) is 0 Å². The maximum absolute atomic E-state index is 13.0. The lowest BCUT2D eigenvalue weighted by atomic mass is 10.1. The first-order valence-electron chi connectivity index (χ1n) is 10.5. The molecule has 0 aliphatic carbocycles. The highest BCUT2D eigenvalue weighted by molar-refractivity contribution is 6.07. The van der Waals surface area contributed by atoms with Crippen molar-refractivity contribution in [2.45, 2.75) is 19.9 Å². The number of rotatable bonds is 6. The zero-order valence-corrected chi connectivity index (χ0v) is 18.5. The van der Waals surface area contributed by atoms with Gasteiger partial charge in [0.1, 0.15) is 11.5 Å². The molecule has 3 aromatic rings. The Hall–Kier alpha value is -3.80. The minimum absolute atomic E-state index is 0.0140. The van der Waals surface area contributed by atoms with Crippen LogP contribution < -0.4 is 19.7 Å². The van der Waals surface area contributed by atoms with E-state index >= 15 is 0 Å². The number of nitrogens with zero attached hydrogens (tertiary/aromatic N) is 1. The van der Waals surface area contributed by atoms with Gasteiger partial charge in [-0.1, -0.05) is 29.8 Å². The maximum Gasteiger partial charge on any atom is 0.258 e. The summed E-state index contributed by atoms with van der Waals surface area (Å²) in [6.07, 6.45) is 0.793. The Morgan fingerprint density at radius 2 is 1.84 bits per heavy atom. The van der Waals surface area contributed by atoms with Crippen molar-refractivity contribution >= 4 is 17.5 Å². The summed E-state index contributed by atoms with van der Waals surface area (Å²) < 4.78 is 10.5. The molecule has 6 heteroatoms. The summed E-state index contributed by atoms with van der Waals surface area (Å²) >= 11 is 0. The van der Waals surface area contributed by atoms with E-state index in [0.29, 0.717) is 35.7 Å². The van der Waals surface area contributed by atoms with E-state index in [2.05, 4.69) is 11.4 Å². The lowest BCUT2D eigenvalue weighted by Crippen LogP contribution is -2.28. The van der Waals surface area contributed by atoms with Crippen LogP contribution in [-0.4, -0.2) is 32.6 Å². The Kier molecular flexibility index (Phi) is 6.12. The van der Waals surface area contributed by atoms with Crippen LogP contribution in [0.5, 0.6) is 11.5 Å². The fraction of sp³-hybridized carbons (Fsp3) is 0.231. The Bertz CT molecular complexity index is 1170. The van der Waals surface area contributed by atoms with Crippen molar-refractivity contribution in [2.75, 3.05) is 25.7 Å². The van der Waals surface area contributed by atoms with Crippen LogP contribution in [0.2, 0.25) is 0 Å². The van der Waals surface area contributed by atoms with Crippen LogP contribution in [0.3, 0.4) is 0 Å². The van der Waals surface area contributed by atoms with Crippen LogP contribution in [0.15, 0.2) is 60.7 Å². The normalized spacial score (nSPS) is 12.3. The van der Waals surface area contributed by atoms with Crippen LogP contribution in [0.1, 0.15) is 37.4 Å². The molecule has 0 saturated heterocycles. The topological polar surface area (TPSA) is 67.9 Å². The summed E-state index contributed by atoms with van der Waals surface area (Å²) in [6.45, 7) is 3.02. The summed E-state index contributed by atoms with van der Waals surface area (Å²) in [6, 6.07) is 18.7. The van der Waals surface area contributed by atoms with Crippen molar-refractivity contribution in [1.29, 1.82) is 0 Å². The van der Waals surface area contributed by atoms with Gasteiger partial charge >= 0.3 is 0 Å². The van der Waals surface area contributed by atoms with Gasteiger partial charge in [0, 0.05) is 30.4 Å². The predicted molar refractivity (Wildman–Crippen MR) is 124 cm³/mol. The van der Waals surface area contributed by atoms with E-state index in [-0.39, 0.29) is 11.8 Å². The first kappa shape index (κ1) is 21.4. The quantitative estimate of drug-likeness (QED) is 0.638. The molecule has 0 fully saturated rings. The van der Waals surface area contributed by atoms with Crippen LogP contribution in [0, 0.1) is 6.92 Å². The molecule has 4 rings (SSSR count). The van der Waals surface area contributed by atoms with E-state index in [0.717, 1.165) is 28.8 Å². The Balaban J connectivity index is 1.45. The van der Waals surface area contributed by atoms with Crippen LogP contribution >= 0.6 is 0 Å². The second-order valence-electron chi connectivity index (χ2n) is 7.79. The zero-order chi connectivity index (χ0) is 22.7. The fourth-order valence-corrected chi connectivity index (χ4v) is 3.97. The standard InChI is InChI=1S/C26H26N2O4/c1-17-5-4-6-20(13-17)26(30)28-12-11-19-14-18(7-10-23(19)28)16-27-25(29)22-9-8-21(31-2)15-24(22)32-3/h4-10,13-15H,11-12,16H2,1-3H3,(H,27,29). The summed E-state index contributed by atoms with van der Waals surface area (Å²) in [5.74, 6) is 0.879. The second-order valence-corrected chi connectivity index (χ2v) is 7.79. The van der Waals surface area contributed by atoms with E-state index in [1.165, 1.54) is 7.11 Å². The number of hydrogen-bond acceptors (Lipinski definition) is 4. The molecule has 164 valence electrons. The molecule has 0 unspecified atom stereocenters. The van der Waals surface area contributed by atoms with Gasteiger partial charge in [0.15, 0.2) is 0 Å². The van der Waals surface area contributed by atoms with E-state index < -0.39 is 0 Å². The molecule has 0 aromatic heterocycles. The van der Waals surface area contributed by atoms with Crippen molar-refractivity contribution in [3.63, 3.8) is 0 Å². The smallest absolute Gasteiger partial charge is 0.258 e. The van der Waals surface area contributed by atoms with E-state index in [4.69, 9.17) is 9.47 Å². The average Bonchev–Trinajstić information content (AvgIpc) is 3.24. The predicted octanol–water partition coefficient (Wildman–Crippen LogP) is 4.15. The highest BCUT2D eigenvalue weighted by atomic mass is 16.5. The third-order valence-corrected chi connectivity index (χ3v) is 5.66. The molecule has 0 bridgehead atoms. The number of amides is 2.